The predicted octanol–water partition coefficient (Wildman–Crippen LogP) is 4.70. The fourth-order valence-corrected chi connectivity index (χ4v) is 3.68. The van der Waals surface area contributed by atoms with Crippen LogP contribution in [-0.4, -0.2) is 38.9 Å². The van der Waals surface area contributed by atoms with Crippen molar-refractivity contribution in [2.75, 3.05) is 37.7 Å². The minimum absolute atomic E-state index is 0.153. The van der Waals surface area contributed by atoms with Gasteiger partial charge < -0.3 is 24.8 Å². The quantitative estimate of drug-likeness (QED) is 0.458. The van der Waals surface area contributed by atoms with Gasteiger partial charge in [0.1, 0.15) is 5.75 Å². The van der Waals surface area contributed by atoms with Crippen LogP contribution in [0.25, 0.3) is 0 Å². The van der Waals surface area contributed by atoms with E-state index in [4.69, 9.17) is 14.2 Å². The molecule has 0 aliphatic carbocycles. The zero-order valence-corrected chi connectivity index (χ0v) is 18.8. The fraction of sp³-hybridized carbons (Fsp3) is 0.167. The molecule has 0 spiro atoms. The molecule has 0 bridgehead atoms. The average molecular weight is 453 g/mol. The Kier molecular flexibility index (Phi) is 7.99. The number of rotatable bonds is 9. The lowest BCUT2D eigenvalue weighted by Gasteiger charge is -2.11. The summed E-state index contributed by atoms with van der Waals surface area (Å²) < 4.78 is 15.7. The van der Waals surface area contributed by atoms with Crippen LogP contribution in [0.15, 0.2) is 71.6 Å². The fourth-order valence-electron chi connectivity index (χ4n) is 2.93. The summed E-state index contributed by atoms with van der Waals surface area (Å²) in [5, 5.41) is 5.71. The Labute approximate surface area is 191 Å². The summed E-state index contributed by atoms with van der Waals surface area (Å²) in [5.41, 5.74) is 1.69. The van der Waals surface area contributed by atoms with Crippen LogP contribution in [0.3, 0.4) is 0 Å². The third kappa shape index (κ3) is 5.95. The van der Waals surface area contributed by atoms with E-state index in [9.17, 15) is 9.59 Å². The summed E-state index contributed by atoms with van der Waals surface area (Å²) in [5.74, 6) is 1.41. The summed E-state index contributed by atoms with van der Waals surface area (Å²) >= 11 is 1.37. The van der Waals surface area contributed by atoms with Crippen molar-refractivity contribution in [2.24, 2.45) is 0 Å². The molecule has 32 heavy (non-hydrogen) atoms. The molecule has 3 aromatic carbocycles. The number of benzene rings is 3. The van der Waals surface area contributed by atoms with Gasteiger partial charge in [0, 0.05) is 16.1 Å². The Bertz CT molecular complexity index is 1100. The second-order valence-corrected chi connectivity index (χ2v) is 7.64. The largest absolute Gasteiger partial charge is 0.495 e. The van der Waals surface area contributed by atoms with Gasteiger partial charge in [-0.05, 0) is 48.5 Å². The molecule has 0 radical (unpaired) electrons. The van der Waals surface area contributed by atoms with E-state index in [-0.39, 0.29) is 17.6 Å². The highest BCUT2D eigenvalue weighted by atomic mass is 32.2. The van der Waals surface area contributed by atoms with Crippen LogP contribution < -0.4 is 24.8 Å². The maximum atomic E-state index is 12.6. The van der Waals surface area contributed by atoms with Crippen molar-refractivity contribution in [3.05, 3.63) is 72.3 Å². The van der Waals surface area contributed by atoms with Gasteiger partial charge in [0.2, 0.25) is 5.91 Å². The van der Waals surface area contributed by atoms with Gasteiger partial charge in [-0.15, -0.1) is 11.8 Å². The molecule has 0 saturated heterocycles. The van der Waals surface area contributed by atoms with E-state index in [2.05, 4.69) is 10.6 Å². The number of para-hydroxylation sites is 2. The first kappa shape index (κ1) is 23.0. The first-order valence-corrected chi connectivity index (χ1v) is 10.7. The number of ether oxygens (including phenoxy) is 3. The standard InChI is InChI=1S/C24H24N2O5S/c1-29-20-10-5-4-9-19(20)26-23(27)15-32-18-8-6-7-17(14-18)25-24(28)16-11-12-21(30-2)22(13-16)31-3/h4-14H,15H2,1-3H3,(H,25,28)(H,26,27). The first-order chi connectivity index (χ1) is 15.5. The van der Waals surface area contributed by atoms with E-state index in [1.54, 1.807) is 43.5 Å². The molecular weight excluding hydrogens is 428 g/mol. The minimum Gasteiger partial charge on any atom is -0.495 e. The molecule has 8 heteroatoms. The van der Waals surface area contributed by atoms with E-state index < -0.39 is 0 Å². The van der Waals surface area contributed by atoms with Gasteiger partial charge in [-0.3, -0.25) is 9.59 Å². The zero-order chi connectivity index (χ0) is 22.9. The maximum absolute atomic E-state index is 12.6. The van der Waals surface area contributed by atoms with E-state index in [0.717, 1.165) is 4.90 Å². The van der Waals surface area contributed by atoms with E-state index in [0.29, 0.717) is 34.2 Å². The van der Waals surface area contributed by atoms with Crippen LogP contribution in [-0.2, 0) is 4.79 Å². The van der Waals surface area contributed by atoms with Crippen LogP contribution in [0.1, 0.15) is 10.4 Å². The second-order valence-electron chi connectivity index (χ2n) is 6.59. The zero-order valence-electron chi connectivity index (χ0n) is 18.0. The summed E-state index contributed by atoms with van der Waals surface area (Å²) in [6.45, 7) is 0. The number of hydrogen-bond acceptors (Lipinski definition) is 6. The Morgan fingerprint density at radius 3 is 2.28 bits per heavy atom. The lowest BCUT2D eigenvalue weighted by molar-refractivity contribution is -0.113. The van der Waals surface area contributed by atoms with Gasteiger partial charge in [-0.25, -0.2) is 0 Å². The molecule has 0 aliphatic rings. The van der Waals surface area contributed by atoms with Crippen molar-refractivity contribution in [1.82, 2.24) is 0 Å². The molecule has 0 atom stereocenters. The highest BCUT2D eigenvalue weighted by Crippen LogP contribution is 2.28. The molecule has 2 N–H and O–H groups in total. The molecule has 2 amide bonds. The van der Waals surface area contributed by atoms with Crippen molar-refractivity contribution in [3.63, 3.8) is 0 Å². The average Bonchev–Trinajstić information content (AvgIpc) is 2.82. The van der Waals surface area contributed by atoms with Crippen LogP contribution >= 0.6 is 11.8 Å². The lowest BCUT2D eigenvalue weighted by Crippen LogP contribution is -2.14. The number of nitrogens with one attached hydrogen (secondary N) is 2. The van der Waals surface area contributed by atoms with Gasteiger partial charge in [0.15, 0.2) is 11.5 Å². The number of hydrogen-bond donors (Lipinski definition) is 2. The Morgan fingerprint density at radius 1 is 0.781 bits per heavy atom. The smallest absolute Gasteiger partial charge is 0.255 e. The van der Waals surface area contributed by atoms with E-state index in [1.807, 2.05) is 30.3 Å². The maximum Gasteiger partial charge on any atom is 0.255 e. The van der Waals surface area contributed by atoms with Crippen molar-refractivity contribution >= 4 is 35.0 Å². The minimum atomic E-state index is -0.276. The van der Waals surface area contributed by atoms with Crippen LogP contribution in [0.5, 0.6) is 17.2 Å². The van der Waals surface area contributed by atoms with E-state index >= 15 is 0 Å². The number of carbonyl (C=O) groups is 2. The van der Waals surface area contributed by atoms with Crippen LogP contribution in [0, 0.1) is 0 Å². The van der Waals surface area contributed by atoms with E-state index in [1.165, 1.54) is 26.0 Å². The SMILES string of the molecule is COc1ccccc1NC(=O)CSc1cccc(NC(=O)c2ccc(OC)c(OC)c2)c1. The van der Waals surface area contributed by atoms with Gasteiger partial charge in [0.05, 0.1) is 32.8 Å². The molecule has 0 saturated carbocycles. The summed E-state index contributed by atoms with van der Waals surface area (Å²) in [7, 11) is 4.61. The topological polar surface area (TPSA) is 85.9 Å². The Balaban J connectivity index is 1.60. The van der Waals surface area contributed by atoms with Crippen LogP contribution in [0.2, 0.25) is 0 Å². The molecule has 0 aromatic heterocycles. The molecule has 0 unspecified atom stereocenters. The first-order valence-electron chi connectivity index (χ1n) is 9.73. The molecule has 166 valence electrons. The number of amides is 2. The van der Waals surface area contributed by atoms with Gasteiger partial charge in [-0.1, -0.05) is 18.2 Å². The predicted molar refractivity (Wildman–Crippen MR) is 126 cm³/mol. The number of methoxy groups -OCH3 is 3. The summed E-state index contributed by atoms with van der Waals surface area (Å²) in [6.07, 6.45) is 0. The van der Waals surface area contributed by atoms with Crippen molar-refractivity contribution < 1.29 is 23.8 Å². The van der Waals surface area contributed by atoms with Crippen LogP contribution in [0.4, 0.5) is 11.4 Å². The third-order valence-electron chi connectivity index (χ3n) is 4.49. The molecular formula is C24H24N2O5S. The molecule has 0 fully saturated rings. The number of anilines is 2. The monoisotopic (exact) mass is 452 g/mol. The van der Waals surface area contributed by atoms with Gasteiger partial charge >= 0.3 is 0 Å². The van der Waals surface area contributed by atoms with Crippen molar-refractivity contribution in [3.8, 4) is 17.2 Å². The van der Waals surface area contributed by atoms with Gasteiger partial charge in [0.25, 0.3) is 5.91 Å². The molecule has 7 nitrogen and oxygen atoms in total. The molecule has 0 heterocycles. The molecule has 3 aromatic rings. The Hall–Kier alpha value is -3.65. The molecule has 0 aliphatic heterocycles. The summed E-state index contributed by atoms with van der Waals surface area (Å²) in [6, 6.07) is 19.5. The number of thioether (sulfide) groups is 1. The van der Waals surface area contributed by atoms with Crippen molar-refractivity contribution in [1.29, 1.82) is 0 Å². The van der Waals surface area contributed by atoms with Gasteiger partial charge in [-0.2, -0.15) is 0 Å². The summed E-state index contributed by atoms with van der Waals surface area (Å²) in [4.78, 5) is 25.8. The third-order valence-corrected chi connectivity index (χ3v) is 5.48. The lowest BCUT2D eigenvalue weighted by atomic mass is 10.2. The number of carbonyl (C=O) groups excluding carboxylic acids is 2. The molecule has 3 rings (SSSR count). The second kappa shape index (κ2) is 11.1. The Morgan fingerprint density at radius 2 is 1.53 bits per heavy atom. The normalized spacial score (nSPS) is 10.2. The highest BCUT2D eigenvalue weighted by Gasteiger charge is 2.12. The highest BCUT2D eigenvalue weighted by molar-refractivity contribution is 8.00. The van der Waals surface area contributed by atoms with Crippen molar-refractivity contribution in [2.45, 2.75) is 4.90 Å².